The maximum absolute atomic E-state index is 12.8. The third kappa shape index (κ3) is 3.49. The smallest absolute Gasteiger partial charge is 0.229 e. The molecule has 6 heteroatoms. The third-order valence-electron chi connectivity index (χ3n) is 4.68. The second-order valence-corrected chi connectivity index (χ2v) is 7.57. The molecule has 1 aromatic rings. The fourth-order valence-electron chi connectivity index (χ4n) is 3.02. The van der Waals surface area contributed by atoms with Gasteiger partial charge in [-0.25, -0.2) is 4.39 Å². The Morgan fingerprint density at radius 1 is 1.39 bits per heavy atom. The molecular formula is C17H22Cl2FNO2. The molecule has 1 aliphatic carbocycles. The quantitative estimate of drug-likeness (QED) is 0.743. The molecule has 1 amide bonds. The Hall–Kier alpha value is -0.840. The summed E-state index contributed by atoms with van der Waals surface area (Å²) in [6.45, 7) is 6.39. The molecule has 0 aromatic heterocycles. The Kier molecular flexibility index (Phi) is 5.59. The van der Waals surface area contributed by atoms with Crippen LogP contribution in [0.1, 0.15) is 32.8 Å². The highest BCUT2D eigenvalue weighted by Crippen LogP contribution is 2.70. The first kappa shape index (κ1) is 18.5. The number of hydrogen-bond acceptors (Lipinski definition) is 2. The molecule has 1 aliphatic rings. The zero-order chi connectivity index (χ0) is 17.3. The first-order valence-corrected chi connectivity index (χ1v) is 8.52. The molecule has 0 heterocycles. The van der Waals surface area contributed by atoms with E-state index in [1.165, 1.54) is 12.1 Å². The Morgan fingerprint density at radius 2 is 1.96 bits per heavy atom. The average molecular weight is 362 g/mol. The lowest BCUT2D eigenvalue weighted by molar-refractivity contribution is -0.128. The van der Waals surface area contributed by atoms with E-state index in [2.05, 4.69) is 5.32 Å². The molecule has 2 rings (SSSR count). The van der Waals surface area contributed by atoms with E-state index in [1.54, 1.807) is 12.1 Å². The van der Waals surface area contributed by atoms with Gasteiger partial charge in [-0.2, -0.15) is 0 Å². The highest BCUT2D eigenvalue weighted by atomic mass is 35.5. The van der Waals surface area contributed by atoms with Crippen molar-refractivity contribution in [1.29, 1.82) is 0 Å². The number of rotatable bonds is 7. The highest BCUT2D eigenvalue weighted by molar-refractivity contribution is 6.53. The van der Waals surface area contributed by atoms with E-state index in [9.17, 15) is 9.18 Å². The van der Waals surface area contributed by atoms with Crippen LogP contribution in [0.4, 0.5) is 4.39 Å². The lowest BCUT2D eigenvalue weighted by Crippen LogP contribution is -2.42. The molecule has 0 spiro atoms. The van der Waals surface area contributed by atoms with E-state index in [0.29, 0.717) is 19.6 Å². The number of amides is 1. The minimum absolute atomic E-state index is 0.0735. The number of halogens is 3. The molecule has 0 radical (unpaired) electrons. The second-order valence-electron chi connectivity index (χ2n) is 6.19. The predicted molar refractivity (Wildman–Crippen MR) is 90.0 cm³/mol. The molecule has 3 nitrogen and oxygen atoms in total. The maximum Gasteiger partial charge on any atom is 0.229 e. The Bertz CT molecular complexity index is 564. The lowest BCUT2D eigenvalue weighted by Gasteiger charge is -2.20. The number of benzene rings is 1. The van der Waals surface area contributed by atoms with Gasteiger partial charge in [0.1, 0.15) is 10.2 Å². The van der Waals surface area contributed by atoms with Gasteiger partial charge in [-0.1, -0.05) is 26.0 Å². The predicted octanol–water partition coefficient (Wildman–Crippen LogP) is 4.07. The van der Waals surface area contributed by atoms with Crippen molar-refractivity contribution in [2.75, 3.05) is 6.61 Å². The van der Waals surface area contributed by atoms with Gasteiger partial charge in [-0.3, -0.25) is 4.79 Å². The van der Waals surface area contributed by atoms with Crippen LogP contribution in [-0.4, -0.2) is 22.9 Å². The number of ether oxygens (including phenoxy) is 1. The number of hydrogen-bond donors (Lipinski definition) is 1. The monoisotopic (exact) mass is 361 g/mol. The van der Waals surface area contributed by atoms with Crippen molar-refractivity contribution < 1.29 is 13.9 Å². The van der Waals surface area contributed by atoms with Gasteiger partial charge in [0, 0.05) is 12.0 Å². The van der Waals surface area contributed by atoms with Gasteiger partial charge in [-0.05, 0) is 31.0 Å². The van der Waals surface area contributed by atoms with Crippen LogP contribution in [0.3, 0.4) is 0 Å². The van der Waals surface area contributed by atoms with Crippen LogP contribution in [0, 0.1) is 17.2 Å². The summed E-state index contributed by atoms with van der Waals surface area (Å²) < 4.78 is 17.4. The van der Waals surface area contributed by atoms with Gasteiger partial charge in [0.2, 0.25) is 5.91 Å². The standard InChI is InChI=1S/C17H22Cl2FNO2/c1-4-16(12(3)17(16,18)19)15(22)21-11(2)9-23-10-13-5-7-14(20)8-6-13/h5-8,11-12H,4,9-10H2,1-3H3,(H,21,22)/t11-,12+,16+/m1/s1. The Labute approximate surface area is 146 Å². The Morgan fingerprint density at radius 3 is 2.43 bits per heavy atom. The van der Waals surface area contributed by atoms with Crippen LogP contribution < -0.4 is 5.32 Å². The van der Waals surface area contributed by atoms with Gasteiger partial charge in [0.05, 0.1) is 18.6 Å². The summed E-state index contributed by atoms with van der Waals surface area (Å²) in [5, 5.41) is 2.92. The van der Waals surface area contributed by atoms with Crippen LogP contribution >= 0.6 is 23.2 Å². The molecule has 1 fully saturated rings. The van der Waals surface area contributed by atoms with Crippen LogP contribution in [0.2, 0.25) is 0 Å². The summed E-state index contributed by atoms with van der Waals surface area (Å²) in [5.41, 5.74) is 0.160. The molecular weight excluding hydrogens is 340 g/mol. The fraction of sp³-hybridized carbons (Fsp3) is 0.588. The van der Waals surface area contributed by atoms with E-state index in [1.807, 2.05) is 20.8 Å². The number of carbonyl (C=O) groups excluding carboxylic acids is 1. The lowest BCUT2D eigenvalue weighted by atomic mass is 9.99. The fourth-order valence-corrected chi connectivity index (χ4v) is 4.05. The van der Waals surface area contributed by atoms with Gasteiger partial charge in [0.15, 0.2) is 0 Å². The summed E-state index contributed by atoms with van der Waals surface area (Å²) in [6, 6.07) is 5.97. The van der Waals surface area contributed by atoms with E-state index < -0.39 is 9.75 Å². The summed E-state index contributed by atoms with van der Waals surface area (Å²) in [6.07, 6.45) is 0.593. The number of carbonyl (C=O) groups is 1. The summed E-state index contributed by atoms with van der Waals surface area (Å²) in [4.78, 5) is 12.5. The summed E-state index contributed by atoms with van der Waals surface area (Å²) in [5.74, 6) is -0.477. The van der Waals surface area contributed by atoms with Crippen LogP contribution in [-0.2, 0) is 16.1 Å². The minimum Gasteiger partial charge on any atom is -0.375 e. The molecule has 0 aliphatic heterocycles. The summed E-state index contributed by atoms with van der Waals surface area (Å²) >= 11 is 12.5. The molecule has 3 atom stereocenters. The van der Waals surface area contributed by atoms with Crippen molar-refractivity contribution in [2.24, 2.45) is 11.3 Å². The summed E-state index contributed by atoms with van der Waals surface area (Å²) in [7, 11) is 0. The van der Waals surface area contributed by atoms with E-state index >= 15 is 0 Å². The van der Waals surface area contributed by atoms with E-state index in [4.69, 9.17) is 27.9 Å². The molecule has 1 saturated carbocycles. The first-order valence-electron chi connectivity index (χ1n) is 7.76. The zero-order valence-electron chi connectivity index (χ0n) is 13.5. The first-order chi connectivity index (χ1) is 10.8. The van der Waals surface area contributed by atoms with Crippen molar-refractivity contribution in [1.82, 2.24) is 5.32 Å². The topological polar surface area (TPSA) is 38.3 Å². The van der Waals surface area contributed by atoms with Gasteiger partial charge >= 0.3 is 0 Å². The molecule has 1 aromatic carbocycles. The van der Waals surface area contributed by atoms with Crippen molar-refractivity contribution in [3.05, 3.63) is 35.6 Å². The van der Waals surface area contributed by atoms with Gasteiger partial charge < -0.3 is 10.1 Å². The normalized spacial score (nSPS) is 26.6. The third-order valence-corrected chi connectivity index (χ3v) is 6.01. The average Bonchev–Trinajstić information content (AvgIpc) is 2.94. The van der Waals surface area contributed by atoms with Crippen molar-refractivity contribution >= 4 is 29.1 Å². The van der Waals surface area contributed by atoms with Gasteiger partial charge in [-0.15, -0.1) is 23.2 Å². The highest BCUT2D eigenvalue weighted by Gasteiger charge is 2.76. The second kappa shape index (κ2) is 6.96. The largest absolute Gasteiger partial charge is 0.375 e. The van der Waals surface area contributed by atoms with Crippen LogP contribution in [0.5, 0.6) is 0 Å². The number of alkyl halides is 2. The molecule has 23 heavy (non-hydrogen) atoms. The minimum atomic E-state index is -0.999. The Balaban J connectivity index is 1.80. The van der Waals surface area contributed by atoms with Crippen molar-refractivity contribution in [3.8, 4) is 0 Å². The zero-order valence-corrected chi connectivity index (χ0v) is 15.0. The van der Waals surface area contributed by atoms with Crippen LogP contribution in [0.25, 0.3) is 0 Å². The van der Waals surface area contributed by atoms with Crippen LogP contribution in [0.15, 0.2) is 24.3 Å². The molecule has 0 unspecified atom stereocenters. The van der Waals surface area contributed by atoms with E-state index in [-0.39, 0.29) is 23.7 Å². The van der Waals surface area contributed by atoms with Crippen molar-refractivity contribution in [2.45, 2.75) is 44.2 Å². The SMILES string of the molecule is CC[C@@]1(C(=O)N[C@H](C)COCc2ccc(F)cc2)[C@H](C)C1(Cl)Cl. The van der Waals surface area contributed by atoms with Gasteiger partial charge in [0.25, 0.3) is 0 Å². The molecule has 0 bridgehead atoms. The van der Waals surface area contributed by atoms with Crippen molar-refractivity contribution in [3.63, 3.8) is 0 Å². The number of nitrogens with one attached hydrogen (secondary N) is 1. The maximum atomic E-state index is 12.8. The van der Waals surface area contributed by atoms with E-state index in [0.717, 1.165) is 5.56 Å². The molecule has 1 N–H and O–H groups in total. The molecule has 0 saturated heterocycles. The molecule has 128 valence electrons.